The molecule has 0 aromatic heterocycles. The SMILES string of the molecule is CCOc1ccc(Br)cc1C(=O)NC(=S)NNC(=O)COc1c(C)cc(Br)cc1Br. The summed E-state index contributed by atoms with van der Waals surface area (Å²) in [7, 11) is 0. The molecule has 0 radical (unpaired) electrons. The monoisotopic (exact) mass is 621 g/mol. The van der Waals surface area contributed by atoms with Gasteiger partial charge in [0.25, 0.3) is 11.8 Å². The maximum atomic E-state index is 12.5. The van der Waals surface area contributed by atoms with Gasteiger partial charge in [0.2, 0.25) is 0 Å². The van der Waals surface area contributed by atoms with E-state index in [1.165, 1.54) is 0 Å². The van der Waals surface area contributed by atoms with Crippen molar-refractivity contribution in [2.45, 2.75) is 13.8 Å². The number of nitrogens with one attached hydrogen (secondary N) is 3. The number of rotatable bonds is 6. The van der Waals surface area contributed by atoms with Crippen LogP contribution in [-0.2, 0) is 4.79 Å². The summed E-state index contributed by atoms with van der Waals surface area (Å²) in [6, 6.07) is 8.76. The maximum Gasteiger partial charge on any atom is 0.276 e. The molecule has 2 aromatic rings. The molecule has 0 aliphatic rings. The molecule has 0 bridgehead atoms. The van der Waals surface area contributed by atoms with E-state index < -0.39 is 11.8 Å². The van der Waals surface area contributed by atoms with Crippen molar-refractivity contribution >= 4 is 76.9 Å². The minimum absolute atomic E-state index is 0.0724. The van der Waals surface area contributed by atoms with Crippen LogP contribution in [0.15, 0.2) is 43.7 Å². The molecule has 30 heavy (non-hydrogen) atoms. The predicted octanol–water partition coefficient (Wildman–Crippen LogP) is 4.40. The molecular formula is C19H18Br3N3O4S. The van der Waals surface area contributed by atoms with Crippen LogP contribution in [0.5, 0.6) is 11.5 Å². The minimum atomic E-state index is -0.475. The zero-order chi connectivity index (χ0) is 22.3. The van der Waals surface area contributed by atoms with Crippen LogP contribution in [-0.4, -0.2) is 30.1 Å². The fourth-order valence-electron chi connectivity index (χ4n) is 2.33. The first-order valence-corrected chi connectivity index (χ1v) is 11.4. The van der Waals surface area contributed by atoms with Gasteiger partial charge in [-0.2, -0.15) is 0 Å². The molecule has 3 N–H and O–H groups in total. The van der Waals surface area contributed by atoms with Crippen molar-refractivity contribution in [3.8, 4) is 11.5 Å². The maximum absolute atomic E-state index is 12.5. The van der Waals surface area contributed by atoms with Gasteiger partial charge in [-0.3, -0.25) is 25.8 Å². The first-order chi connectivity index (χ1) is 14.2. The smallest absolute Gasteiger partial charge is 0.276 e. The molecule has 0 aliphatic carbocycles. The number of hydrogen-bond acceptors (Lipinski definition) is 5. The number of ether oxygens (including phenoxy) is 2. The first kappa shape index (κ1) is 24.6. The molecule has 2 amide bonds. The molecule has 0 heterocycles. The van der Waals surface area contributed by atoms with Gasteiger partial charge in [0.15, 0.2) is 11.7 Å². The summed E-state index contributed by atoms with van der Waals surface area (Å²) in [5.41, 5.74) is 6.01. The van der Waals surface area contributed by atoms with Gasteiger partial charge in [0, 0.05) is 8.95 Å². The van der Waals surface area contributed by atoms with E-state index in [1.807, 2.05) is 26.0 Å². The van der Waals surface area contributed by atoms with Crippen LogP contribution in [0.1, 0.15) is 22.8 Å². The average molecular weight is 624 g/mol. The van der Waals surface area contributed by atoms with Crippen LogP contribution in [0, 0.1) is 6.92 Å². The highest BCUT2D eigenvalue weighted by atomic mass is 79.9. The van der Waals surface area contributed by atoms with Crippen molar-refractivity contribution < 1.29 is 19.1 Å². The standard InChI is InChI=1S/C19H18Br3N3O4S/c1-3-28-15-5-4-11(20)7-13(15)18(27)23-19(30)25-24-16(26)9-29-17-10(2)6-12(21)8-14(17)22/h4-8H,3,9H2,1-2H3,(H,24,26)(H2,23,25,27,30). The molecule has 0 saturated heterocycles. The van der Waals surface area contributed by atoms with E-state index in [4.69, 9.17) is 21.7 Å². The third-order valence-corrected chi connectivity index (χ3v) is 5.31. The van der Waals surface area contributed by atoms with E-state index >= 15 is 0 Å². The zero-order valence-corrected chi connectivity index (χ0v) is 21.6. The number of halogens is 3. The zero-order valence-electron chi connectivity index (χ0n) is 16.0. The molecule has 11 heteroatoms. The summed E-state index contributed by atoms with van der Waals surface area (Å²) in [4.78, 5) is 24.5. The van der Waals surface area contributed by atoms with Crippen LogP contribution < -0.4 is 25.6 Å². The first-order valence-electron chi connectivity index (χ1n) is 8.62. The summed E-state index contributed by atoms with van der Waals surface area (Å²) >= 11 is 15.2. The Kier molecular flexibility index (Phi) is 9.53. The molecule has 0 aliphatic heterocycles. The van der Waals surface area contributed by atoms with Gasteiger partial charge in [0.05, 0.1) is 16.6 Å². The molecule has 0 fully saturated rings. The number of aryl methyl sites for hydroxylation is 1. The summed E-state index contributed by atoms with van der Waals surface area (Å²) in [6.45, 7) is 3.85. The lowest BCUT2D eigenvalue weighted by atomic mass is 10.2. The van der Waals surface area contributed by atoms with E-state index in [0.717, 1.165) is 19.0 Å². The summed E-state index contributed by atoms with van der Waals surface area (Å²) in [6.07, 6.45) is 0. The largest absolute Gasteiger partial charge is 0.493 e. The lowest BCUT2D eigenvalue weighted by Gasteiger charge is -2.14. The lowest BCUT2D eigenvalue weighted by molar-refractivity contribution is -0.123. The van der Waals surface area contributed by atoms with E-state index in [2.05, 4.69) is 64.0 Å². The molecule has 0 spiro atoms. The van der Waals surface area contributed by atoms with Crippen molar-refractivity contribution in [1.82, 2.24) is 16.2 Å². The van der Waals surface area contributed by atoms with Crippen LogP contribution in [0.2, 0.25) is 0 Å². The molecule has 2 rings (SSSR count). The molecular weight excluding hydrogens is 606 g/mol. The van der Waals surface area contributed by atoms with Crippen molar-refractivity contribution in [2.75, 3.05) is 13.2 Å². The molecule has 7 nitrogen and oxygen atoms in total. The van der Waals surface area contributed by atoms with E-state index in [9.17, 15) is 9.59 Å². The molecule has 160 valence electrons. The van der Waals surface area contributed by atoms with Gasteiger partial charge in [-0.15, -0.1) is 0 Å². The summed E-state index contributed by atoms with van der Waals surface area (Å²) in [5.74, 6) is 0.0339. The Labute approximate surface area is 204 Å². The summed E-state index contributed by atoms with van der Waals surface area (Å²) < 4.78 is 13.3. The second-order valence-corrected chi connectivity index (χ2v) is 8.95. The van der Waals surface area contributed by atoms with E-state index in [1.54, 1.807) is 18.2 Å². The molecule has 0 saturated carbocycles. The number of hydrazine groups is 1. The Morgan fingerprint density at radius 3 is 2.43 bits per heavy atom. The third kappa shape index (κ3) is 7.22. The Hall–Kier alpha value is -1.69. The van der Waals surface area contributed by atoms with Crippen molar-refractivity contribution in [2.24, 2.45) is 0 Å². The van der Waals surface area contributed by atoms with Gasteiger partial charge < -0.3 is 9.47 Å². The number of carbonyl (C=O) groups excluding carboxylic acids is 2. The number of benzene rings is 2. The van der Waals surface area contributed by atoms with Crippen LogP contribution in [0.4, 0.5) is 0 Å². The molecule has 2 aromatic carbocycles. The number of thiocarbonyl (C=S) groups is 1. The van der Waals surface area contributed by atoms with Gasteiger partial charge in [-0.1, -0.05) is 31.9 Å². The van der Waals surface area contributed by atoms with Gasteiger partial charge >= 0.3 is 0 Å². The van der Waals surface area contributed by atoms with Crippen molar-refractivity contribution in [1.29, 1.82) is 0 Å². The van der Waals surface area contributed by atoms with E-state index in [0.29, 0.717) is 23.7 Å². The second-order valence-electron chi connectivity index (χ2n) is 5.85. The highest BCUT2D eigenvalue weighted by Crippen LogP contribution is 2.32. The van der Waals surface area contributed by atoms with Crippen LogP contribution in [0.3, 0.4) is 0 Å². The van der Waals surface area contributed by atoms with Crippen LogP contribution in [0.25, 0.3) is 0 Å². The Bertz CT molecular complexity index is 949. The number of hydrogen-bond donors (Lipinski definition) is 3. The molecule has 0 unspecified atom stereocenters. The normalized spacial score (nSPS) is 10.2. The molecule has 0 atom stereocenters. The third-order valence-electron chi connectivity index (χ3n) is 3.57. The second kappa shape index (κ2) is 11.6. The van der Waals surface area contributed by atoms with Gasteiger partial charge in [-0.05, 0) is 77.9 Å². The van der Waals surface area contributed by atoms with Gasteiger partial charge in [-0.25, -0.2) is 0 Å². The topological polar surface area (TPSA) is 88.7 Å². The lowest BCUT2D eigenvalue weighted by Crippen LogP contribution is -2.49. The average Bonchev–Trinajstić information content (AvgIpc) is 2.67. The van der Waals surface area contributed by atoms with Crippen molar-refractivity contribution in [3.05, 3.63) is 54.9 Å². The van der Waals surface area contributed by atoms with E-state index in [-0.39, 0.29) is 11.7 Å². The van der Waals surface area contributed by atoms with Gasteiger partial charge in [0.1, 0.15) is 11.5 Å². The predicted molar refractivity (Wildman–Crippen MR) is 129 cm³/mol. The minimum Gasteiger partial charge on any atom is -0.493 e. The summed E-state index contributed by atoms with van der Waals surface area (Å²) in [5, 5.41) is 2.42. The highest BCUT2D eigenvalue weighted by molar-refractivity contribution is 9.11. The Balaban J connectivity index is 1.87. The van der Waals surface area contributed by atoms with Crippen LogP contribution >= 0.6 is 60.0 Å². The fourth-order valence-corrected chi connectivity index (χ4v) is 4.39. The highest BCUT2D eigenvalue weighted by Gasteiger charge is 2.15. The Morgan fingerprint density at radius 1 is 1.03 bits per heavy atom. The number of amides is 2. The van der Waals surface area contributed by atoms with Crippen molar-refractivity contribution in [3.63, 3.8) is 0 Å². The number of carbonyl (C=O) groups is 2. The Morgan fingerprint density at radius 2 is 1.77 bits per heavy atom. The quantitative estimate of drug-likeness (QED) is 0.327. The fraction of sp³-hybridized carbons (Fsp3) is 0.211.